The van der Waals surface area contributed by atoms with Gasteiger partial charge in [0.2, 0.25) is 5.91 Å². The van der Waals surface area contributed by atoms with Crippen LogP contribution in [0.15, 0.2) is 30.5 Å². The van der Waals surface area contributed by atoms with Gasteiger partial charge in [0.1, 0.15) is 0 Å². The van der Waals surface area contributed by atoms with E-state index in [2.05, 4.69) is 4.98 Å². The van der Waals surface area contributed by atoms with Crippen LogP contribution < -0.4 is 5.73 Å². The second-order valence-corrected chi connectivity index (χ2v) is 5.65. The number of hydrogen-bond donors (Lipinski definition) is 2. The third kappa shape index (κ3) is 1.86. The zero-order chi connectivity index (χ0) is 14.3. The molecule has 1 aromatic heterocycles. The molecule has 5 heteroatoms. The Morgan fingerprint density at radius 3 is 2.85 bits per heavy atom. The van der Waals surface area contributed by atoms with Gasteiger partial charge in [-0.3, -0.25) is 9.59 Å². The maximum absolute atomic E-state index is 12.6. The lowest BCUT2D eigenvalue weighted by molar-refractivity contribution is -0.126. The van der Waals surface area contributed by atoms with Crippen molar-refractivity contribution >= 4 is 22.7 Å². The van der Waals surface area contributed by atoms with E-state index in [1.165, 1.54) is 0 Å². The van der Waals surface area contributed by atoms with E-state index in [0.29, 0.717) is 25.1 Å². The van der Waals surface area contributed by atoms with Crippen molar-refractivity contribution in [1.29, 1.82) is 0 Å². The van der Waals surface area contributed by atoms with Crippen LogP contribution in [-0.2, 0) is 4.79 Å². The Kier molecular flexibility index (Phi) is 2.78. The van der Waals surface area contributed by atoms with E-state index in [1.54, 1.807) is 4.90 Å². The Hall–Kier alpha value is -2.30. The molecule has 0 radical (unpaired) electrons. The summed E-state index contributed by atoms with van der Waals surface area (Å²) in [5.74, 6) is -0.382. The van der Waals surface area contributed by atoms with Crippen LogP contribution >= 0.6 is 0 Å². The lowest BCUT2D eigenvalue weighted by atomic mass is 9.89. The zero-order valence-electron chi connectivity index (χ0n) is 11.3. The van der Waals surface area contributed by atoms with Crippen molar-refractivity contribution in [3.8, 4) is 0 Å². The molecule has 3 N–H and O–H groups in total. The molecule has 1 aliphatic heterocycles. The van der Waals surface area contributed by atoms with E-state index in [4.69, 9.17) is 5.73 Å². The lowest BCUT2D eigenvalue weighted by Crippen LogP contribution is -2.38. The fourth-order valence-electron chi connectivity index (χ4n) is 2.78. The molecule has 1 aromatic carbocycles. The first-order valence-corrected chi connectivity index (χ1v) is 6.66. The molecular formula is C15H17N3O2. The highest BCUT2D eigenvalue weighted by molar-refractivity contribution is 6.06. The average molecular weight is 271 g/mol. The number of nitrogens with one attached hydrogen (secondary N) is 1. The first-order chi connectivity index (χ1) is 9.51. The van der Waals surface area contributed by atoms with Gasteiger partial charge in [-0.1, -0.05) is 6.07 Å². The van der Waals surface area contributed by atoms with Gasteiger partial charge < -0.3 is 15.6 Å². The van der Waals surface area contributed by atoms with Crippen molar-refractivity contribution in [1.82, 2.24) is 9.88 Å². The number of nitrogens with zero attached hydrogens (tertiary/aromatic N) is 1. The van der Waals surface area contributed by atoms with Gasteiger partial charge in [-0.15, -0.1) is 0 Å². The van der Waals surface area contributed by atoms with Crippen LogP contribution in [-0.4, -0.2) is 34.8 Å². The number of hydrogen-bond acceptors (Lipinski definition) is 2. The molecule has 2 amide bonds. The maximum atomic E-state index is 12.6. The van der Waals surface area contributed by atoms with Gasteiger partial charge in [0.15, 0.2) is 0 Å². The van der Waals surface area contributed by atoms with Gasteiger partial charge in [-0.25, -0.2) is 0 Å². The summed E-state index contributed by atoms with van der Waals surface area (Å²) in [6.45, 7) is 2.78. The van der Waals surface area contributed by atoms with E-state index in [-0.39, 0.29) is 11.8 Å². The summed E-state index contributed by atoms with van der Waals surface area (Å²) >= 11 is 0. The Labute approximate surface area is 116 Å². The lowest BCUT2D eigenvalue weighted by Gasteiger charge is -2.21. The number of carbonyl (C=O) groups is 2. The van der Waals surface area contributed by atoms with E-state index in [1.807, 2.05) is 37.4 Å². The van der Waals surface area contributed by atoms with Crippen LogP contribution in [0.4, 0.5) is 0 Å². The SMILES string of the molecule is CC1(C(N)=O)CCN(C(=O)c2cccc3[nH]ccc23)C1. The molecule has 1 saturated heterocycles. The molecule has 20 heavy (non-hydrogen) atoms. The first kappa shape index (κ1) is 12.7. The van der Waals surface area contributed by atoms with Gasteiger partial charge in [-0.2, -0.15) is 0 Å². The fourth-order valence-corrected chi connectivity index (χ4v) is 2.78. The van der Waals surface area contributed by atoms with Crippen molar-refractivity contribution in [2.24, 2.45) is 11.1 Å². The number of rotatable bonds is 2. The number of aromatic nitrogens is 1. The molecule has 1 atom stereocenters. The van der Waals surface area contributed by atoms with Gasteiger partial charge >= 0.3 is 0 Å². The highest BCUT2D eigenvalue weighted by Gasteiger charge is 2.40. The van der Waals surface area contributed by atoms with Gasteiger partial charge in [0.25, 0.3) is 5.91 Å². The molecule has 5 nitrogen and oxygen atoms in total. The predicted molar refractivity (Wildman–Crippen MR) is 76.1 cm³/mol. The fraction of sp³-hybridized carbons (Fsp3) is 0.333. The predicted octanol–water partition coefficient (Wildman–Crippen LogP) is 1.51. The minimum Gasteiger partial charge on any atom is -0.369 e. The first-order valence-electron chi connectivity index (χ1n) is 6.66. The van der Waals surface area contributed by atoms with E-state index >= 15 is 0 Å². The van der Waals surface area contributed by atoms with Gasteiger partial charge in [0, 0.05) is 35.8 Å². The molecule has 0 saturated carbocycles. The minimum absolute atomic E-state index is 0.0415. The van der Waals surface area contributed by atoms with Crippen LogP contribution in [0.2, 0.25) is 0 Å². The molecule has 104 valence electrons. The number of primary amides is 1. The molecule has 1 fully saturated rings. The molecule has 0 aliphatic carbocycles. The van der Waals surface area contributed by atoms with Crippen molar-refractivity contribution in [2.45, 2.75) is 13.3 Å². The van der Waals surface area contributed by atoms with E-state index < -0.39 is 5.41 Å². The van der Waals surface area contributed by atoms with Crippen molar-refractivity contribution in [2.75, 3.05) is 13.1 Å². The van der Waals surface area contributed by atoms with E-state index in [9.17, 15) is 9.59 Å². The largest absolute Gasteiger partial charge is 0.369 e. The molecule has 0 bridgehead atoms. The van der Waals surface area contributed by atoms with Gasteiger partial charge in [0.05, 0.1) is 5.41 Å². The van der Waals surface area contributed by atoms with Crippen LogP contribution in [0, 0.1) is 5.41 Å². The molecule has 3 rings (SSSR count). The normalized spacial score (nSPS) is 22.4. The topological polar surface area (TPSA) is 79.2 Å². The summed E-state index contributed by atoms with van der Waals surface area (Å²) < 4.78 is 0. The zero-order valence-corrected chi connectivity index (χ0v) is 11.3. The van der Waals surface area contributed by atoms with Crippen LogP contribution in [0.25, 0.3) is 10.9 Å². The molecule has 0 spiro atoms. The summed E-state index contributed by atoms with van der Waals surface area (Å²) in [6, 6.07) is 7.50. The standard InChI is InChI=1S/C15H17N3O2/c1-15(14(16)20)6-8-18(9-15)13(19)11-3-2-4-12-10(11)5-7-17-12/h2-5,7,17H,6,8-9H2,1H3,(H2,16,20). The summed E-state index contributed by atoms with van der Waals surface area (Å²) in [4.78, 5) is 28.9. The third-order valence-electron chi connectivity index (χ3n) is 4.18. The quantitative estimate of drug-likeness (QED) is 0.868. The number of nitrogens with two attached hydrogens (primary N) is 1. The highest BCUT2D eigenvalue weighted by Crippen LogP contribution is 2.31. The molecule has 2 aromatic rings. The smallest absolute Gasteiger partial charge is 0.254 e. The summed E-state index contributed by atoms with van der Waals surface area (Å²) in [7, 11) is 0. The Balaban J connectivity index is 1.91. The van der Waals surface area contributed by atoms with Gasteiger partial charge in [-0.05, 0) is 31.5 Å². The number of aromatic amines is 1. The number of amides is 2. The third-order valence-corrected chi connectivity index (χ3v) is 4.18. The Bertz CT molecular complexity index is 691. The molecule has 1 aliphatic rings. The Morgan fingerprint density at radius 1 is 1.35 bits per heavy atom. The molecule has 1 unspecified atom stereocenters. The summed E-state index contributed by atoms with van der Waals surface area (Å²) in [6.07, 6.45) is 2.44. The van der Waals surface area contributed by atoms with Crippen molar-refractivity contribution in [3.63, 3.8) is 0 Å². The van der Waals surface area contributed by atoms with Crippen LogP contribution in [0.5, 0.6) is 0 Å². The monoisotopic (exact) mass is 271 g/mol. The second kappa shape index (κ2) is 4.37. The molecular weight excluding hydrogens is 254 g/mol. The number of H-pyrrole nitrogens is 1. The average Bonchev–Trinajstić information content (AvgIpc) is 3.04. The minimum atomic E-state index is -0.609. The number of benzene rings is 1. The van der Waals surface area contributed by atoms with Crippen molar-refractivity contribution in [3.05, 3.63) is 36.0 Å². The maximum Gasteiger partial charge on any atom is 0.254 e. The van der Waals surface area contributed by atoms with Crippen molar-refractivity contribution < 1.29 is 9.59 Å². The number of fused-ring (bicyclic) bond motifs is 1. The van der Waals surface area contributed by atoms with Crippen LogP contribution in [0.3, 0.4) is 0 Å². The second-order valence-electron chi connectivity index (χ2n) is 5.65. The molecule has 2 heterocycles. The van der Waals surface area contributed by atoms with E-state index in [0.717, 1.165) is 10.9 Å². The summed E-state index contributed by atoms with van der Waals surface area (Å²) in [5.41, 5.74) is 6.42. The highest BCUT2D eigenvalue weighted by atomic mass is 16.2. The Morgan fingerprint density at radius 2 is 2.15 bits per heavy atom. The number of likely N-dealkylation sites (tertiary alicyclic amines) is 1. The summed E-state index contributed by atoms with van der Waals surface area (Å²) in [5, 5.41) is 0.908. The number of carbonyl (C=O) groups excluding carboxylic acids is 2. The van der Waals surface area contributed by atoms with Crippen LogP contribution in [0.1, 0.15) is 23.7 Å².